The highest BCUT2D eigenvalue weighted by Crippen LogP contribution is 2.32. The van der Waals surface area contributed by atoms with Crippen LogP contribution in [0.1, 0.15) is 42.5 Å². The summed E-state index contributed by atoms with van der Waals surface area (Å²) < 4.78 is 4.88. The van der Waals surface area contributed by atoms with Crippen LogP contribution in [0, 0.1) is 0 Å². The predicted molar refractivity (Wildman–Crippen MR) is 95.5 cm³/mol. The van der Waals surface area contributed by atoms with Gasteiger partial charge in [-0.15, -0.1) is 0 Å². The van der Waals surface area contributed by atoms with E-state index in [0.717, 1.165) is 19.3 Å². The van der Waals surface area contributed by atoms with Gasteiger partial charge in [0.2, 0.25) is 0 Å². The molecule has 0 radical (unpaired) electrons. The zero-order valence-electron chi connectivity index (χ0n) is 14.4. The monoisotopic (exact) mass is 394 g/mol. The van der Waals surface area contributed by atoms with Gasteiger partial charge in [0.1, 0.15) is 5.54 Å². The van der Waals surface area contributed by atoms with Gasteiger partial charge in [0.05, 0.1) is 5.56 Å². The van der Waals surface area contributed by atoms with Gasteiger partial charge in [0.15, 0.2) is 6.61 Å². The molecule has 2 fully saturated rings. The molecule has 1 aromatic carbocycles. The molecule has 1 saturated heterocycles. The third-order valence-electron chi connectivity index (χ3n) is 4.67. The Balaban J connectivity index is 1.57. The summed E-state index contributed by atoms with van der Waals surface area (Å²) in [4.78, 5) is 48.7. The van der Waals surface area contributed by atoms with Crippen molar-refractivity contribution < 1.29 is 23.9 Å². The Morgan fingerprint density at radius 3 is 2.63 bits per heavy atom. The number of rotatable bonds is 4. The van der Waals surface area contributed by atoms with E-state index >= 15 is 0 Å². The number of hydrogen-bond donors (Lipinski definition) is 3. The first-order chi connectivity index (χ1) is 12.8. The molecule has 2 aliphatic rings. The molecular formula is C17H19ClN4O5. The van der Waals surface area contributed by atoms with Crippen LogP contribution in [0.15, 0.2) is 18.2 Å². The number of nitrogen functional groups attached to an aromatic ring is 1. The number of nitrogens with zero attached hydrogens (tertiary/aromatic N) is 1. The minimum atomic E-state index is -0.947. The predicted octanol–water partition coefficient (Wildman–Crippen LogP) is 1.36. The van der Waals surface area contributed by atoms with E-state index in [1.54, 1.807) is 0 Å². The van der Waals surface area contributed by atoms with Crippen molar-refractivity contribution in [3.8, 4) is 0 Å². The molecule has 0 atom stereocenters. The number of hydrogen-bond acceptors (Lipinski definition) is 6. The Kier molecular flexibility index (Phi) is 5.22. The Hall–Kier alpha value is -2.81. The van der Waals surface area contributed by atoms with Crippen molar-refractivity contribution in [2.24, 2.45) is 0 Å². The fourth-order valence-electron chi connectivity index (χ4n) is 3.30. The molecule has 10 heteroatoms. The average Bonchev–Trinajstić information content (AvgIpc) is 2.84. The third kappa shape index (κ3) is 3.82. The second kappa shape index (κ2) is 7.43. The van der Waals surface area contributed by atoms with Crippen LogP contribution in [0.2, 0.25) is 5.02 Å². The molecule has 0 bridgehead atoms. The number of carbonyl (C=O) groups is 4. The molecule has 0 unspecified atom stereocenters. The first-order valence-electron chi connectivity index (χ1n) is 8.51. The van der Waals surface area contributed by atoms with Crippen molar-refractivity contribution in [2.45, 2.75) is 37.6 Å². The first-order valence-corrected chi connectivity index (χ1v) is 8.88. The molecule has 1 saturated carbocycles. The molecule has 1 aromatic rings. The molecule has 9 nitrogen and oxygen atoms in total. The molecule has 1 aliphatic carbocycles. The summed E-state index contributed by atoms with van der Waals surface area (Å²) in [5.41, 5.74) is 7.09. The van der Waals surface area contributed by atoms with E-state index in [9.17, 15) is 19.2 Å². The zero-order chi connectivity index (χ0) is 19.6. The normalized spacial score (nSPS) is 18.3. The van der Waals surface area contributed by atoms with Crippen LogP contribution in [0.5, 0.6) is 0 Å². The standard InChI is InChI=1S/C17H19ClN4O5/c18-10-4-5-11(12(19)8-10)14(24)27-9-13(23)21-22-15(25)17(20-16(22)26)6-2-1-3-7-17/h4-5,8H,1-3,6-7,9,19H2,(H,20,26)(H,21,23). The van der Waals surface area contributed by atoms with Gasteiger partial charge < -0.3 is 15.8 Å². The highest BCUT2D eigenvalue weighted by Gasteiger charge is 2.52. The minimum Gasteiger partial charge on any atom is -0.452 e. The van der Waals surface area contributed by atoms with Crippen LogP contribution in [0.25, 0.3) is 0 Å². The van der Waals surface area contributed by atoms with E-state index in [1.807, 2.05) is 0 Å². The summed E-state index contributed by atoms with van der Waals surface area (Å²) in [6.45, 7) is -0.676. The molecular weight excluding hydrogens is 376 g/mol. The fraction of sp³-hybridized carbons (Fsp3) is 0.412. The Morgan fingerprint density at radius 1 is 1.26 bits per heavy atom. The van der Waals surface area contributed by atoms with Gasteiger partial charge in [0, 0.05) is 10.7 Å². The molecule has 1 aliphatic heterocycles. The van der Waals surface area contributed by atoms with Crippen LogP contribution in [-0.4, -0.2) is 41.0 Å². The fourth-order valence-corrected chi connectivity index (χ4v) is 3.48. The Labute approximate surface area is 160 Å². The van der Waals surface area contributed by atoms with Crippen molar-refractivity contribution in [1.29, 1.82) is 0 Å². The Morgan fingerprint density at radius 2 is 1.96 bits per heavy atom. The number of nitrogens with one attached hydrogen (secondary N) is 2. The molecule has 4 N–H and O–H groups in total. The lowest BCUT2D eigenvalue weighted by atomic mass is 9.82. The van der Waals surface area contributed by atoms with Gasteiger partial charge in [-0.3, -0.25) is 15.0 Å². The number of ether oxygens (including phenoxy) is 1. The maximum absolute atomic E-state index is 12.6. The second-order valence-corrected chi connectivity index (χ2v) is 6.99. The summed E-state index contributed by atoms with van der Waals surface area (Å²) >= 11 is 5.76. The van der Waals surface area contributed by atoms with Crippen LogP contribution in [-0.2, 0) is 14.3 Å². The molecule has 3 rings (SSSR count). The van der Waals surface area contributed by atoms with Gasteiger partial charge >= 0.3 is 12.0 Å². The van der Waals surface area contributed by atoms with E-state index in [-0.39, 0.29) is 11.3 Å². The van der Waals surface area contributed by atoms with Crippen molar-refractivity contribution in [3.63, 3.8) is 0 Å². The number of nitrogens with two attached hydrogens (primary N) is 1. The summed E-state index contributed by atoms with van der Waals surface area (Å²) in [6, 6.07) is 3.53. The Bertz CT molecular complexity index is 807. The highest BCUT2D eigenvalue weighted by atomic mass is 35.5. The van der Waals surface area contributed by atoms with Crippen molar-refractivity contribution in [1.82, 2.24) is 15.8 Å². The zero-order valence-corrected chi connectivity index (χ0v) is 15.2. The summed E-state index contributed by atoms with van der Waals surface area (Å²) in [5, 5.41) is 3.67. The van der Waals surface area contributed by atoms with Gasteiger partial charge in [-0.1, -0.05) is 30.9 Å². The number of urea groups is 1. The number of benzene rings is 1. The van der Waals surface area contributed by atoms with Crippen molar-refractivity contribution >= 4 is 41.1 Å². The maximum atomic E-state index is 12.6. The average molecular weight is 395 g/mol. The summed E-state index contributed by atoms with van der Waals surface area (Å²) in [6.07, 6.45) is 3.73. The molecule has 27 heavy (non-hydrogen) atoms. The molecule has 4 amide bonds. The summed E-state index contributed by atoms with van der Waals surface area (Å²) in [5.74, 6) is -2.12. The van der Waals surface area contributed by atoms with Crippen LogP contribution in [0.4, 0.5) is 10.5 Å². The SMILES string of the molecule is Nc1cc(Cl)ccc1C(=O)OCC(=O)NN1C(=O)NC2(CCCCC2)C1=O. The van der Waals surface area contributed by atoms with Crippen LogP contribution in [0.3, 0.4) is 0 Å². The van der Waals surface area contributed by atoms with Gasteiger partial charge in [-0.05, 0) is 31.0 Å². The number of esters is 1. The lowest BCUT2D eigenvalue weighted by molar-refractivity contribution is -0.140. The minimum absolute atomic E-state index is 0.0587. The smallest absolute Gasteiger partial charge is 0.344 e. The number of hydrazine groups is 1. The van der Waals surface area contributed by atoms with E-state index < -0.39 is 36.0 Å². The molecule has 1 spiro atoms. The summed E-state index contributed by atoms with van der Waals surface area (Å²) in [7, 11) is 0. The first kappa shape index (κ1) is 19.0. The number of carbonyl (C=O) groups excluding carboxylic acids is 4. The largest absolute Gasteiger partial charge is 0.452 e. The van der Waals surface area contributed by atoms with Crippen molar-refractivity contribution in [3.05, 3.63) is 28.8 Å². The van der Waals surface area contributed by atoms with Crippen molar-refractivity contribution in [2.75, 3.05) is 12.3 Å². The van der Waals surface area contributed by atoms with Gasteiger partial charge in [-0.25, -0.2) is 9.59 Å². The lowest BCUT2D eigenvalue weighted by Crippen LogP contribution is -2.51. The van der Waals surface area contributed by atoms with Gasteiger partial charge in [0.25, 0.3) is 11.8 Å². The van der Waals surface area contributed by atoms with E-state index in [2.05, 4.69) is 10.7 Å². The number of anilines is 1. The van der Waals surface area contributed by atoms with E-state index in [1.165, 1.54) is 18.2 Å². The second-order valence-electron chi connectivity index (χ2n) is 6.56. The quantitative estimate of drug-likeness (QED) is 0.401. The number of halogens is 1. The number of amides is 4. The lowest BCUT2D eigenvalue weighted by Gasteiger charge is -2.30. The number of imide groups is 1. The van der Waals surface area contributed by atoms with E-state index in [4.69, 9.17) is 22.1 Å². The topological polar surface area (TPSA) is 131 Å². The van der Waals surface area contributed by atoms with Crippen LogP contribution < -0.4 is 16.5 Å². The molecule has 0 aromatic heterocycles. The van der Waals surface area contributed by atoms with Gasteiger partial charge in [-0.2, -0.15) is 5.01 Å². The highest BCUT2D eigenvalue weighted by molar-refractivity contribution is 6.31. The third-order valence-corrected chi connectivity index (χ3v) is 4.91. The maximum Gasteiger partial charge on any atom is 0.344 e. The van der Waals surface area contributed by atoms with Crippen LogP contribution >= 0.6 is 11.6 Å². The molecule has 1 heterocycles. The molecule has 144 valence electrons. The van der Waals surface area contributed by atoms with E-state index in [0.29, 0.717) is 22.9 Å².